The molecule has 0 spiro atoms. The molecule has 0 fully saturated rings. The molecule has 0 amide bonds. The predicted octanol–water partition coefficient (Wildman–Crippen LogP) is 3.77. The number of carbonyl (C=O) groups is 1. The summed E-state index contributed by atoms with van der Waals surface area (Å²) in [5.74, 6) is -0.434. The highest BCUT2D eigenvalue weighted by Crippen LogP contribution is 2.27. The second-order valence-corrected chi connectivity index (χ2v) is 3.84. The van der Waals surface area contributed by atoms with Gasteiger partial charge in [0.15, 0.2) is 5.78 Å². The minimum absolute atomic E-state index is 0.00296. The fourth-order valence-electron chi connectivity index (χ4n) is 1.70. The van der Waals surface area contributed by atoms with Gasteiger partial charge < -0.3 is 0 Å². The summed E-state index contributed by atoms with van der Waals surface area (Å²) in [4.78, 5) is 25.1. The molecule has 0 unspecified atom stereocenters. The molecule has 98 valence electrons. The Morgan fingerprint density at radius 3 is 2.50 bits per heavy atom. The van der Waals surface area contributed by atoms with Crippen molar-refractivity contribution in [2.24, 2.45) is 5.11 Å². The first-order valence-corrected chi connectivity index (χ1v) is 5.57. The Kier molecular flexibility index (Phi) is 3.74. The zero-order chi connectivity index (χ0) is 14.5. The third-order valence-corrected chi connectivity index (χ3v) is 2.62. The number of benzene rings is 2. The summed E-state index contributed by atoms with van der Waals surface area (Å²) in [6.07, 6.45) is 0. The number of non-ortho nitro benzene ring substituents is 1. The summed E-state index contributed by atoms with van der Waals surface area (Å²) in [5, 5.41) is 14.2. The van der Waals surface area contributed by atoms with Crippen molar-refractivity contribution < 1.29 is 9.72 Å². The molecular weight excluding hydrogens is 260 g/mol. The second kappa shape index (κ2) is 5.64. The van der Waals surface area contributed by atoms with Gasteiger partial charge in [-0.15, -0.1) is 0 Å². The van der Waals surface area contributed by atoms with Crippen LogP contribution in [0.5, 0.6) is 0 Å². The molecule has 0 aliphatic carbocycles. The predicted molar refractivity (Wildman–Crippen MR) is 71.8 cm³/mol. The number of nitrogens with zero attached hydrogens (tertiary/aromatic N) is 4. The summed E-state index contributed by atoms with van der Waals surface area (Å²) >= 11 is 0. The molecule has 2 rings (SSSR count). The quantitative estimate of drug-likeness (QED) is 0.210. The van der Waals surface area contributed by atoms with E-state index < -0.39 is 10.7 Å². The molecule has 7 nitrogen and oxygen atoms in total. The molecule has 0 atom stereocenters. The standard InChI is InChI=1S/C13H8N4O3/c14-16-15-12-7-6-10(17(19)20)8-11(12)13(18)9-4-2-1-3-5-9/h1-8H. The molecule has 0 heterocycles. The summed E-state index contributed by atoms with van der Waals surface area (Å²) < 4.78 is 0. The van der Waals surface area contributed by atoms with E-state index in [0.29, 0.717) is 5.56 Å². The number of ketones is 1. The monoisotopic (exact) mass is 268 g/mol. The molecule has 0 saturated heterocycles. The van der Waals surface area contributed by atoms with Gasteiger partial charge in [-0.25, -0.2) is 0 Å². The molecule has 20 heavy (non-hydrogen) atoms. The average Bonchev–Trinajstić information content (AvgIpc) is 2.48. The van der Waals surface area contributed by atoms with Crippen molar-refractivity contribution in [1.82, 2.24) is 0 Å². The first-order valence-electron chi connectivity index (χ1n) is 5.57. The summed E-state index contributed by atoms with van der Waals surface area (Å²) in [6, 6.07) is 11.8. The molecule has 0 saturated carbocycles. The smallest absolute Gasteiger partial charge is 0.270 e. The Morgan fingerprint density at radius 2 is 1.90 bits per heavy atom. The lowest BCUT2D eigenvalue weighted by Crippen LogP contribution is -2.02. The molecule has 0 bridgehead atoms. The molecule has 0 aromatic heterocycles. The lowest BCUT2D eigenvalue weighted by molar-refractivity contribution is -0.384. The fraction of sp³-hybridized carbons (Fsp3) is 0. The molecule has 2 aromatic carbocycles. The van der Waals surface area contributed by atoms with E-state index in [1.54, 1.807) is 30.3 Å². The number of rotatable bonds is 4. The molecule has 0 aliphatic rings. The van der Waals surface area contributed by atoms with Gasteiger partial charge in [0.05, 0.1) is 4.92 Å². The number of nitro groups is 1. The van der Waals surface area contributed by atoms with Crippen molar-refractivity contribution in [2.45, 2.75) is 0 Å². The van der Waals surface area contributed by atoms with E-state index in [0.717, 1.165) is 6.07 Å². The van der Waals surface area contributed by atoms with Crippen molar-refractivity contribution in [3.63, 3.8) is 0 Å². The first-order chi connectivity index (χ1) is 9.63. The largest absolute Gasteiger partial charge is 0.289 e. The van der Waals surface area contributed by atoms with Gasteiger partial charge >= 0.3 is 0 Å². The van der Waals surface area contributed by atoms with E-state index in [1.807, 2.05) is 0 Å². The van der Waals surface area contributed by atoms with Crippen LogP contribution in [0.1, 0.15) is 15.9 Å². The van der Waals surface area contributed by atoms with Crippen LogP contribution in [-0.2, 0) is 0 Å². The van der Waals surface area contributed by atoms with Crippen LogP contribution in [0.2, 0.25) is 0 Å². The summed E-state index contributed by atoms with van der Waals surface area (Å²) in [7, 11) is 0. The van der Waals surface area contributed by atoms with Gasteiger partial charge in [-0.1, -0.05) is 35.4 Å². The van der Waals surface area contributed by atoms with Gasteiger partial charge in [-0.3, -0.25) is 14.9 Å². The van der Waals surface area contributed by atoms with Crippen LogP contribution < -0.4 is 0 Å². The van der Waals surface area contributed by atoms with E-state index >= 15 is 0 Å². The van der Waals surface area contributed by atoms with Crippen LogP contribution in [0.3, 0.4) is 0 Å². The van der Waals surface area contributed by atoms with Crippen molar-refractivity contribution >= 4 is 17.2 Å². The Morgan fingerprint density at radius 1 is 1.20 bits per heavy atom. The van der Waals surface area contributed by atoms with Crippen LogP contribution in [0.15, 0.2) is 53.6 Å². The van der Waals surface area contributed by atoms with Gasteiger partial charge in [0.1, 0.15) is 0 Å². The van der Waals surface area contributed by atoms with Gasteiger partial charge in [0, 0.05) is 33.9 Å². The summed E-state index contributed by atoms with van der Waals surface area (Å²) in [5.41, 5.74) is 8.68. The van der Waals surface area contributed by atoms with Gasteiger partial charge in [0.25, 0.3) is 5.69 Å². The maximum atomic E-state index is 12.3. The maximum absolute atomic E-state index is 12.3. The highest BCUT2D eigenvalue weighted by atomic mass is 16.6. The van der Waals surface area contributed by atoms with E-state index in [2.05, 4.69) is 10.0 Å². The Balaban J connectivity index is 2.58. The van der Waals surface area contributed by atoms with Crippen LogP contribution in [0, 0.1) is 10.1 Å². The van der Waals surface area contributed by atoms with Crippen molar-refractivity contribution in [2.75, 3.05) is 0 Å². The third-order valence-electron chi connectivity index (χ3n) is 2.62. The average molecular weight is 268 g/mol. The topological polar surface area (TPSA) is 109 Å². The molecular formula is C13H8N4O3. The van der Waals surface area contributed by atoms with E-state index in [1.165, 1.54) is 12.1 Å². The Bertz CT molecular complexity index is 722. The highest BCUT2D eigenvalue weighted by Gasteiger charge is 2.17. The second-order valence-electron chi connectivity index (χ2n) is 3.84. The number of azide groups is 1. The van der Waals surface area contributed by atoms with Crippen LogP contribution >= 0.6 is 0 Å². The molecule has 0 aliphatic heterocycles. The number of hydrogen-bond donors (Lipinski definition) is 0. The van der Waals surface area contributed by atoms with Crippen LogP contribution in [0.4, 0.5) is 11.4 Å². The normalized spacial score (nSPS) is 9.60. The van der Waals surface area contributed by atoms with Crippen LogP contribution in [0.25, 0.3) is 10.4 Å². The lowest BCUT2D eigenvalue weighted by atomic mass is 10.0. The van der Waals surface area contributed by atoms with Gasteiger partial charge in [0.2, 0.25) is 0 Å². The van der Waals surface area contributed by atoms with E-state index in [9.17, 15) is 14.9 Å². The van der Waals surface area contributed by atoms with E-state index in [-0.39, 0.29) is 16.9 Å². The number of carbonyl (C=O) groups excluding carboxylic acids is 1. The zero-order valence-corrected chi connectivity index (χ0v) is 10.1. The SMILES string of the molecule is [N-]=[N+]=Nc1ccc([N+](=O)[O-])cc1C(=O)c1ccccc1. The lowest BCUT2D eigenvalue weighted by Gasteiger charge is -2.04. The van der Waals surface area contributed by atoms with Crippen LogP contribution in [-0.4, -0.2) is 10.7 Å². The third kappa shape index (κ3) is 2.63. The fourth-order valence-corrected chi connectivity index (χ4v) is 1.70. The zero-order valence-electron chi connectivity index (χ0n) is 10.1. The molecule has 7 heteroatoms. The van der Waals surface area contributed by atoms with E-state index in [4.69, 9.17) is 5.53 Å². The highest BCUT2D eigenvalue weighted by molar-refractivity contribution is 6.12. The van der Waals surface area contributed by atoms with Crippen molar-refractivity contribution in [1.29, 1.82) is 0 Å². The molecule has 0 radical (unpaired) electrons. The van der Waals surface area contributed by atoms with Crippen molar-refractivity contribution in [3.05, 3.63) is 80.2 Å². The summed E-state index contributed by atoms with van der Waals surface area (Å²) in [6.45, 7) is 0. The minimum atomic E-state index is -0.609. The molecule has 0 N–H and O–H groups in total. The Labute approximate surface area is 113 Å². The number of hydrogen-bond acceptors (Lipinski definition) is 4. The van der Waals surface area contributed by atoms with Gasteiger partial charge in [-0.2, -0.15) is 0 Å². The molecule has 2 aromatic rings. The maximum Gasteiger partial charge on any atom is 0.270 e. The minimum Gasteiger partial charge on any atom is -0.289 e. The number of nitro benzene ring substituents is 1. The van der Waals surface area contributed by atoms with Gasteiger partial charge in [-0.05, 0) is 11.6 Å². The Hall–Kier alpha value is -3.18. The first kappa shape index (κ1) is 13.3. The van der Waals surface area contributed by atoms with Crippen molar-refractivity contribution in [3.8, 4) is 0 Å².